The Kier molecular flexibility index (Phi) is 4.96. The number of rotatable bonds is 6. The minimum absolute atomic E-state index is 0.513. The van der Waals surface area contributed by atoms with Crippen LogP contribution in [0.1, 0.15) is 44.1 Å². The van der Waals surface area contributed by atoms with Crippen molar-refractivity contribution < 1.29 is 0 Å². The fourth-order valence-electron chi connectivity index (χ4n) is 2.32. The third kappa shape index (κ3) is 3.48. The number of nitrogens with zero attached hydrogens (tertiary/aromatic N) is 2. The molecule has 2 aromatic rings. The van der Waals surface area contributed by atoms with E-state index in [-0.39, 0.29) is 0 Å². The van der Waals surface area contributed by atoms with Crippen molar-refractivity contribution in [1.29, 1.82) is 0 Å². The summed E-state index contributed by atoms with van der Waals surface area (Å²) < 4.78 is 2.19. The van der Waals surface area contributed by atoms with Crippen LogP contribution in [0.3, 0.4) is 0 Å². The standard InChI is InChI=1S/C17H25N3/c1-5-6-17-18-9-10-20(17)16-8-7-15(14(4)11-16)12-19-13(2)3/h7-11,13,19H,5-6,12H2,1-4H3. The van der Waals surface area contributed by atoms with E-state index < -0.39 is 0 Å². The molecule has 0 fully saturated rings. The van der Waals surface area contributed by atoms with Crippen molar-refractivity contribution in [2.24, 2.45) is 0 Å². The fraction of sp³-hybridized carbons (Fsp3) is 0.471. The van der Waals surface area contributed by atoms with Gasteiger partial charge < -0.3 is 9.88 Å². The third-order valence-electron chi connectivity index (χ3n) is 3.50. The van der Waals surface area contributed by atoms with E-state index >= 15 is 0 Å². The number of benzene rings is 1. The van der Waals surface area contributed by atoms with Gasteiger partial charge in [0.05, 0.1) is 0 Å². The number of imidazole rings is 1. The molecule has 0 amide bonds. The summed E-state index contributed by atoms with van der Waals surface area (Å²) in [6, 6.07) is 7.16. The molecule has 20 heavy (non-hydrogen) atoms. The fourth-order valence-corrected chi connectivity index (χ4v) is 2.32. The smallest absolute Gasteiger partial charge is 0.113 e. The zero-order valence-electron chi connectivity index (χ0n) is 13.0. The van der Waals surface area contributed by atoms with E-state index in [1.54, 1.807) is 0 Å². The maximum absolute atomic E-state index is 4.44. The highest BCUT2D eigenvalue weighted by molar-refractivity contribution is 5.41. The van der Waals surface area contributed by atoms with Crippen LogP contribution in [0.5, 0.6) is 0 Å². The molecule has 0 aliphatic heterocycles. The topological polar surface area (TPSA) is 29.9 Å². The molecule has 0 aliphatic rings. The van der Waals surface area contributed by atoms with Gasteiger partial charge in [0.2, 0.25) is 0 Å². The van der Waals surface area contributed by atoms with E-state index in [0.29, 0.717) is 6.04 Å². The van der Waals surface area contributed by atoms with Gasteiger partial charge in [0.1, 0.15) is 5.82 Å². The summed E-state index contributed by atoms with van der Waals surface area (Å²) in [7, 11) is 0. The molecule has 0 radical (unpaired) electrons. The summed E-state index contributed by atoms with van der Waals surface area (Å²) in [5.41, 5.74) is 3.89. The van der Waals surface area contributed by atoms with Crippen LogP contribution in [0, 0.1) is 6.92 Å². The molecule has 0 saturated carbocycles. The van der Waals surface area contributed by atoms with Crippen molar-refractivity contribution >= 4 is 0 Å². The van der Waals surface area contributed by atoms with Crippen LogP contribution < -0.4 is 5.32 Å². The molecule has 3 heteroatoms. The first-order valence-corrected chi connectivity index (χ1v) is 7.47. The predicted octanol–water partition coefficient (Wildman–Crippen LogP) is 3.63. The van der Waals surface area contributed by atoms with Gasteiger partial charge in [-0.25, -0.2) is 4.98 Å². The molecule has 1 heterocycles. The monoisotopic (exact) mass is 271 g/mol. The van der Waals surface area contributed by atoms with E-state index in [2.05, 4.69) is 60.8 Å². The van der Waals surface area contributed by atoms with E-state index in [1.165, 1.54) is 16.8 Å². The number of nitrogens with one attached hydrogen (secondary N) is 1. The summed E-state index contributed by atoms with van der Waals surface area (Å²) >= 11 is 0. The molecular formula is C17H25N3. The van der Waals surface area contributed by atoms with Gasteiger partial charge in [0.15, 0.2) is 0 Å². The van der Waals surface area contributed by atoms with Gasteiger partial charge in [-0.3, -0.25) is 0 Å². The van der Waals surface area contributed by atoms with Gasteiger partial charge in [-0.05, 0) is 36.6 Å². The molecular weight excluding hydrogens is 246 g/mol. The van der Waals surface area contributed by atoms with Crippen molar-refractivity contribution in [3.8, 4) is 5.69 Å². The lowest BCUT2D eigenvalue weighted by atomic mass is 10.1. The molecule has 108 valence electrons. The Bertz CT molecular complexity index is 555. The Morgan fingerprint density at radius 2 is 2.10 bits per heavy atom. The lowest BCUT2D eigenvalue weighted by molar-refractivity contribution is 0.587. The lowest BCUT2D eigenvalue weighted by Crippen LogP contribution is -2.22. The summed E-state index contributed by atoms with van der Waals surface area (Å²) in [5.74, 6) is 1.14. The molecule has 0 saturated heterocycles. The second-order valence-electron chi connectivity index (χ2n) is 5.61. The van der Waals surface area contributed by atoms with Gasteiger partial charge in [-0.2, -0.15) is 0 Å². The Balaban J connectivity index is 2.22. The first-order valence-electron chi connectivity index (χ1n) is 7.47. The second kappa shape index (κ2) is 6.71. The second-order valence-corrected chi connectivity index (χ2v) is 5.61. The van der Waals surface area contributed by atoms with Crippen LogP contribution in [-0.4, -0.2) is 15.6 Å². The minimum Gasteiger partial charge on any atom is -0.310 e. The third-order valence-corrected chi connectivity index (χ3v) is 3.50. The van der Waals surface area contributed by atoms with E-state index in [0.717, 1.165) is 25.2 Å². The number of hydrogen-bond donors (Lipinski definition) is 1. The van der Waals surface area contributed by atoms with Crippen molar-refractivity contribution in [2.45, 2.75) is 53.1 Å². The van der Waals surface area contributed by atoms with Crippen molar-refractivity contribution in [2.75, 3.05) is 0 Å². The normalized spacial score (nSPS) is 11.2. The minimum atomic E-state index is 0.513. The van der Waals surface area contributed by atoms with Crippen LogP contribution in [-0.2, 0) is 13.0 Å². The van der Waals surface area contributed by atoms with Crippen LogP contribution in [0.25, 0.3) is 5.69 Å². The molecule has 1 aromatic carbocycles. The number of aryl methyl sites for hydroxylation is 2. The van der Waals surface area contributed by atoms with Gasteiger partial charge in [-0.15, -0.1) is 0 Å². The highest BCUT2D eigenvalue weighted by Crippen LogP contribution is 2.17. The first-order chi connectivity index (χ1) is 9.61. The van der Waals surface area contributed by atoms with Crippen molar-refractivity contribution in [1.82, 2.24) is 14.9 Å². The lowest BCUT2D eigenvalue weighted by Gasteiger charge is -2.13. The summed E-state index contributed by atoms with van der Waals surface area (Å²) in [6.45, 7) is 9.64. The van der Waals surface area contributed by atoms with Gasteiger partial charge in [0.25, 0.3) is 0 Å². The number of hydrogen-bond acceptors (Lipinski definition) is 2. The maximum Gasteiger partial charge on any atom is 0.113 e. The van der Waals surface area contributed by atoms with Crippen molar-refractivity contribution in [3.63, 3.8) is 0 Å². The quantitative estimate of drug-likeness (QED) is 0.869. The highest BCUT2D eigenvalue weighted by atomic mass is 15.1. The van der Waals surface area contributed by atoms with Crippen LogP contribution in [0.2, 0.25) is 0 Å². The van der Waals surface area contributed by atoms with Crippen LogP contribution in [0.4, 0.5) is 0 Å². The average molecular weight is 271 g/mol. The average Bonchev–Trinajstić information content (AvgIpc) is 2.86. The molecule has 3 nitrogen and oxygen atoms in total. The van der Waals surface area contributed by atoms with Gasteiger partial charge in [0, 0.05) is 37.1 Å². The Hall–Kier alpha value is -1.61. The van der Waals surface area contributed by atoms with Gasteiger partial charge >= 0.3 is 0 Å². The molecule has 0 unspecified atom stereocenters. The van der Waals surface area contributed by atoms with E-state index in [4.69, 9.17) is 0 Å². The zero-order valence-corrected chi connectivity index (χ0v) is 13.0. The highest BCUT2D eigenvalue weighted by Gasteiger charge is 2.06. The van der Waals surface area contributed by atoms with E-state index in [9.17, 15) is 0 Å². The molecule has 0 atom stereocenters. The molecule has 0 spiro atoms. The Morgan fingerprint density at radius 1 is 1.30 bits per heavy atom. The largest absolute Gasteiger partial charge is 0.310 e. The molecule has 1 N–H and O–H groups in total. The van der Waals surface area contributed by atoms with Crippen LogP contribution >= 0.6 is 0 Å². The molecule has 0 bridgehead atoms. The van der Waals surface area contributed by atoms with Gasteiger partial charge in [-0.1, -0.05) is 26.8 Å². The molecule has 2 rings (SSSR count). The predicted molar refractivity (Wildman–Crippen MR) is 84.3 cm³/mol. The molecule has 1 aromatic heterocycles. The summed E-state index contributed by atoms with van der Waals surface area (Å²) in [6.07, 6.45) is 6.06. The maximum atomic E-state index is 4.44. The SMILES string of the molecule is CCCc1nccn1-c1ccc(CNC(C)C)c(C)c1. The number of aromatic nitrogens is 2. The first kappa shape index (κ1) is 14.8. The van der Waals surface area contributed by atoms with E-state index in [1.807, 2.05) is 12.4 Å². The van der Waals surface area contributed by atoms with Crippen molar-refractivity contribution in [3.05, 3.63) is 47.5 Å². The Morgan fingerprint density at radius 3 is 2.75 bits per heavy atom. The summed E-state index contributed by atoms with van der Waals surface area (Å²) in [4.78, 5) is 4.44. The Labute approximate surface area is 122 Å². The van der Waals surface area contributed by atoms with Crippen LogP contribution in [0.15, 0.2) is 30.6 Å². The summed E-state index contributed by atoms with van der Waals surface area (Å²) in [5, 5.41) is 3.47. The zero-order chi connectivity index (χ0) is 14.5. The molecule has 0 aliphatic carbocycles.